The van der Waals surface area contributed by atoms with E-state index in [2.05, 4.69) is 25.9 Å². The number of nitrogen functional groups attached to an aromatic ring is 1. The van der Waals surface area contributed by atoms with E-state index in [1.165, 1.54) is 23.1 Å². The summed E-state index contributed by atoms with van der Waals surface area (Å²) in [6.07, 6.45) is 3.54. The van der Waals surface area contributed by atoms with E-state index in [9.17, 15) is 20.0 Å². The Labute approximate surface area is 292 Å². The van der Waals surface area contributed by atoms with E-state index < -0.39 is 10.5 Å². The van der Waals surface area contributed by atoms with Crippen LogP contribution in [0.5, 0.6) is 0 Å². The van der Waals surface area contributed by atoms with Gasteiger partial charge >= 0.3 is 6.09 Å². The van der Waals surface area contributed by atoms with Crippen LogP contribution in [0.2, 0.25) is 0 Å². The van der Waals surface area contributed by atoms with Crippen molar-refractivity contribution in [2.45, 2.75) is 47.0 Å². The van der Waals surface area contributed by atoms with Gasteiger partial charge in [-0.15, -0.1) is 22.7 Å². The van der Waals surface area contributed by atoms with Crippen LogP contribution >= 0.6 is 22.7 Å². The van der Waals surface area contributed by atoms with E-state index in [1.807, 2.05) is 50.4 Å². The lowest BCUT2D eigenvalue weighted by Crippen LogP contribution is -2.49. The molecule has 49 heavy (non-hydrogen) atoms. The summed E-state index contributed by atoms with van der Waals surface area (Å²) in [5, 5.41) is 24.2. The van der Waals surface area contributed by atoms with Crippen molar-refractivity contribution in [1.29, 1.82) is 0 Å². The molecule has 0 atom stereocenters. The second kappa shape index (κ2) is 14.7. The lowest BCUT2D eigenvalue weighted by molar-refractivity contribution is -0.384. The molecule has 7 rings (SSSR count). The molecule has 258 valence electrons. The number of para-hydroxylation sites is 2. The smallest absolute Gasteiger partial charge is 0.410 e. The van der Waals surface area contributed by atoms with Crippen LogP contribution in [0.4, 0.5) is 16.2 Å². The number of anilines is 1. The molecule has 0 radical (unpaired) electrons. The molecule has 5 heterocycles. The first kappa shape index (κ1) is 35.5. The summed E-state index contributed by atoms with van der Waals surface area (Å²) in [5.74, 6) is 0. The number of amides is 1. The Bertz CT molecular complexity index is 2070. The number of hydrogen-bond acceptors (Lipinski definition) is 11. The number of carbonyl (C=O) groups excluding carboxylic acids is 1. The molecule has 2 aromatic carbocycles. The highest BCUT2D eigenvalue weighted by molar-refractivity contribution is 7.15. The fraction of sp³-hybridized carbons (Fsp3) is 0.324. The van der Waals surface area contributed by atoms with Gasteiger partial charge in [-0.3, -0.25) is 23.8 Å². The molecule has 4 aromatic heterocycles. The third kappa shape index (κ3) is 7.91. The number of benzene rings is 2. The second-order valence-electron chi connectivity index (χ2n) is 12.3. The van der Waals surface area contributed by atoms with Gasteiger partial charge in [0.2, 0.25) is 0 Å². The Morgan fingerprint density at radius 3 is 2.06 bits per heavy atom. The van der Waals surface area contributed by atoms with Gasteiger partial charge in [0.05, 0.1) is 34.2 Å². The minimum atomic E-state index is -0.461. The van der Waals surface area contributed by atoms with Gasteiger partial charge in [-0.2, -0.15) is 0 Å². The Morgan fingerprint density at radius 2 is 1.47 bits per heavy atom. The summed E-state index contributed by atoms with van der Waals surface area (Å²) < 4.78 is 9.37. The van der Waals surface area contributed by atoms with Crippen molar-refractivity contribution in [2.75, 3.05) is 31.9 Å². The molecule has 3 N–H and O–H groups in total. The molecule has 0 aliphatic carbocycles. The van der Waals surface area contributed by atoms with Crippen LogP contribution in [-0.2, 0) is 17.9 Å². The zero-order valence-electron chi connectivity index (χ0n) is 26.8. The molecule has 13 nitrogen and oxygen atoms in total. The number of fused-ring (bicyclic) bond motifs is 2. The number of nitro groups is 1. The number of carbonyl (C=O) groups is 1. The van der Waals surface area contributed by atoms with Gasteiger partial charge in [-0.1, -0.05) is 37.8 Å². The van der Waals surface area contributed by atoms with Gasteiger partial charge in [0.25, 0.3) is 5.69 Å². The van der Waals surface area contributed by atoms with Crippen LogP contribution in [0.15, 0.2) is 71.7 Å². The third-order valence-electron chi connectivity index (χ3n) is 7.75. The van der Waals surface area contributed by atoms with Gasteiger partial charge in [0, 0.05) is 78.9 Å². The number of aromatic nitrogens is 4. The third-order valence-corrected chi connectivity index (χ3v) is 9.53. The average Bonchev–Trinajstić information content (AvgIpc) is 3.83. The highest BCUT2D eigenvalue weighted by Crippen LogP contribution is 2.31. The van der Waals surface area contributed by atoms with Crippen molar-refractivity contribution in [3.63, 3.8) is 0 Å². The zero-order valence-corrected chi connectivity index (χ0v) is 28.4. The molecule has 0 bridgehead atoms. The predicted octanol–water partition coefficient (Wildman–Crippen LogP) is 6.80. The largest absolute Gasteiger partial charge is 0.444 e. The number of ether oxygens (including phenoxy) is 1. The van der Waals surface area contributed by atoms with Gasteiger partial charge in [0.15, 0.2) is 9.92 Å². The summed E-state index contributed by atoms with van der Waals surface area (Å²) in [6.45, 7) is 9.42. The van der Waals surface area contributed by atoms with Gasteiger partial charge < -0.3 is 20.5 Å². The number of imidazole rings is 2. The Morgan fingerprint density at radius 1 is 0.918 bits per heavy atom. The average molecular weight is 705 g/mol. The van der Waals surface area contributed by atoms with E-state index in [4.69, 9.17) is 15.5 Å². The molecule has 0 spiro atoms. The molecule has 6 aromatic rings. The second-order valence-corrected chi connectivity index (χ2v) is 13.9. The number of rotatable bonds is 6. The first-order chi connectivity index (χ1) is 23.0. The predicted molar refractivity (Wildman–Crippen MR) is 194 cm³/mol. The van der Waals surface area contributed by atoms with Crippen molar-refractivity contribution in [3.05, 3.63) is 93.2 Å². The fourth-order valence-corrected chi connectivity index (χ4v) is 7.10. The summed E-state index contributed by atoms with van der Waals surface area (Å²) in [7, 11) is 0. The highest BCUT2D eigenvalue weighted by atomic mass is 32.1. The summed E-state index contributed by atoms with van der Waals surface area (Å²) in [5.41, 5.74) is 11.2. The van der Waals surface area contributed by atoms with E-state index in [0.717, 1.165) is 47.2 Å². The van der Waals surface area contributed by atoms with Gasteiger partial charge in [-0.25, -0.2) is 14.8 Å². The van der Waals surface area contributed by atoms with Gasteiger partial charge in [-0.05, 0) is 32.9 Å². The quantitative estimate of drug-likeness (QED) is 0.108. The summed E-state index contributed by atoms with van der Waals surface area (Å²) >= 11 is 3.03. The van der Waals surface area contributed by atoms with Crippen LogP contribution in [0.25, 0.3) is 32.4 Å². The summed E-state index contributed by atoms with van der Waals surface area (Å²) in [4.78, 5) is 37.7. The number of hydrogen-bond donors (Lipinski definition) is 2. The SMILES string of the molecule is C.CC(C)(C)OC(=O)N1CCN(Cc2csc3nc(-c4ccccc4N)cn23)CC1.O=[N+]([O-])c1ccccc1-c1cn2c(CO)csc2n1. The lowest BCUT2D eigenvalue weighted by atomic mass is 10.1. The Hall–Kier alpha value is -4.83. The number of aliphatic hydroxyl groups excluding tert-OH is 1. The first-order valence-corrected chi connectivity index (χ1v) is 17.1. The molecular formula is C34H40N8O5S2. The van der Waals surface area contributed by atoms with E-state index in [-0.39, 0.29) is 25.8 Å². The Kier molecular flexibility index (Phi) is 10.7. The Balaban J connectivity index is 0.000000203. The van der Waals surface area contributed by atoms with Crippen molar-refractivity contribution in [1.82, 2.24) is 28.6 Å². The van der Waals surface area contributed by atoms with Crippen molar-refractivity contribution < 1.29 is 19.6 Å². The maximum absolute atomic E-state index is 12.2. The van der Waals surface area contributed by atoms with E-state index in [1.54, 1.807) is 45.0 Å². The fourth-order valence-electron chi connectivity index (χ4n) is 5.37. The van der Waals surface area contributed by atoms with Crippen molar-refractivity contribution >= 4 is 50.1 Å². The number of nitrogens with two attached hydrogens (primary N) is 1. The van der Waals surface area contributed by atoms with Crippen molar-refractivity contribution in [3.8, 4) is 22.5 Å². The minimum absolute atomic E-state index is 0. The molecule has 1 fully saturated rings. The monoisotopic (exact) mass is 704 g/mol. The number of thiazole rings is 2. The van der Waals surface area contributed by atoms with Crippen LogP contribution in [0, 0.1) is 10.1 Å². The number of nitrogens with zero attached hydrogens (tertiary/aromatic N) is 7. The topological polar surface area (TPSA) is 157 Å². The van der Waals surface area contributed by atoms with Crippen LogP contribution in [0.3, 0.4) is 0 Å². The molecule has 0 unspecified atom stereocenters. The minimum Gasteiger partial charge on any atom is -0.444 e. The van der Waals surface area contributed by atoms with Gasteiger partial charge in [0.1, 0.15) is 5.60 Å². The maximum Gasteiger partial charge on any atom is 0.410 e. The molecule has 1 amide bonds. The van der Waals surface area contributed by atoms with Crippen LogP contribution < -0.4 is 5.73 Å². The molecular weight excluding hydrogens is 665 g/mol. The summed E-state index contributed by atoms with van der Waals surface area (Å²) in [6, 6.07) is 14.3. The van der Waals surface area contributed by atoms with Crippen LogP contribution in [-0.4, -0.2) is 76.5 Å². The van der Waals surface area contributed by atoms with E-state index in [0.29, 0.717) is 29.3 Å². The normalized spacial score (nSPS) is 13.6. The maximum atomic E-state index is 12.2. The molecule has 0 saturated carbocycles. The van der Waals surface area contributed by atoms with Crippen LogP contribution in [0.1, 0.15) is 39.6 Å². The lowest BCUT2D eigenvalue weighted by Gasteiger charge is -2.35. The van der Waals surface area contributed by atoms with E-state index >= 15 is 0 Å². The highest BCUT2D eigenvalue weighted by Gasteiger charge is 2.26. The molecule has 1 aliphatic heterocycles. The first-order valence-electron chi connectivity index (χ1n) is 15.3. The number of nitro benzene ring substituents is 1. The molecule has 1 aliphatic rings. The number of aliphatic hydroxyl groups is 1. The molecule has 15 heteroatoms. The number of piperazine rings is 1. The zero-order chi connectivity index (χ0) is 34.0. The molecule has 1 saturated heterocycles. The van der Waals surface area contributed by atoms with Crippen molar-refractivity contribution in [2.24, 2.45) is 0 Å². The standard InChI is InChI=1S/C21H27N5O2S.C12H9N3O3S.CH4/c1-21(2,3)28-20(27)25-10-8-24(9-11-25)12-15-14-29-19-23-18(13-26(15)19)16-6-4-5-7-17(16)22;16-6-8-7-19-12-13-10(5-14(8)12)9-3-1-2-4-11(9)15(17)18;/h4-7,13-14H,8-12,22H2,1-3H3;1-5,7,16H,6H2;1H4.